The third-order valence-electron chi connectivity index (χ3n) is 5.79. The number of hydrogen-bond donors (Lipinski definition) is 0. The molecule has 0 bridgehead atoms. The lowest BCUT2D eigenvalue weighted by Gasteiger charge is -2.50. The summed E-state index contributed by atoms with van der Waals surface area (Å²) < 4.78 is 23.1. The van der Waals surface area contributed by atoms with Crippen molar-refractivity contribution in [3.63, 3.8) is 0 Å². The van der Waals surface area contributed by atoms with Gasteiger partial charge in [0.15, 0.2) is 8.32 Å². The van der Waals surface area contributed by atoms with Crippen LogP contribution >= 0.6 is 11.6 Å². The van der Waals surface area contributed by atoms with E-state index in [0.29, 0.717) is 0 Å². The molecule has 0 aliphatic heterocycles. The van der Waals surface area contributed by atoms with Crippen molar-refractivity contribution in [2.45, 2.75) is 88.8 Å². The second-order valence-corrected chi connectivity index (χ2v) is 17.3. The second-order valence-electron chi connectivity index (χ2n) is 10.2. The molecule has 0 amide bonds. The van der Waals surface area contributed by atoms with E-state index < -0.39 is 19.3 Å². The van der Waals surface area contributed by atoms with E-state index in [4.69, 9.17) is 16.0 Å². The Bertz CT molecular complexity index is 711. The molecule has 0 N–H and O–H groups in total. The van der Waals surface area contributed by atoms with Crippen LogP contribution in [0, 0.1) is 0 Å². The maximum Gasteiger partial charge on any atom is 0.192 e. The number of rotatable bonds is 5. The van der Waals surface area contributed by atoms with E-state index in [1.54, 1.807) is 0 Å². The monoisotopic (exact) mass is 427 g/mol. The molecule has 0 heterocycles. The zero-order chi connectivity index (χ0) is 20.7. The van der Waals surface area contributed by atoms with Gasteiger partial charge in [-0.3, -0.25) is 0 Å². The largest absolute Gasteiger partial charge is 0.414 e. The van der Waals surface area contributed by atoms with E-state index in [1.165, 1.54) is 0 Å². The molecule has 1 aromatic carbocycles. The predicted octanol–water partition coefficient (Wildman–Crippen LogP) is 6.30. The number of halogens is 1. The summed E-state index contributed by atoms with van der Waals surface area (Å²) in [6.07, 6.45) is 3.86. The lowest BCUT2D eigenvalue weighted by molar-refractivity contribution is 0.0619. The van der Waals surface area contributed by atoms with Gasteiger partial charge in [0.1, 0.15) is 11.0 Å². The van der Waals surface area contributed by atoms with Crippen molar-refractivity contribution in [2.24, 2.45) is 4.40 Å². The van der Waals surface area contributed by atoms with Crippen molar-refractivity contribution >= 4 is 37.1 Å². The normalized spacial score (nSPS) is 25.4. The highest BCUT2D eigenvalue weighted by Crippen LogP contribution is 2.48. The number of hydrogen-bond acceptors (Lipinski definition) is 2. The van der Waals surface area contributed by atoms with Gasteiger partial charge in [-0.1, -0.05) is 44.5 Å². The van der Waals surface area contributed by atoms with Gasteiger partial charge in [0.2, 0.25) is 0 Å². The summed E-state index contributed by atoms with van der Waals surface area (Å²) in [6.45, 7) is 17.2. The van der Waals surface area contributed by atoms with Gasteiger partial charge in [0.05, 0.1) is 4.75 Å². The molecule has 1 aliphatic rings. The first kappa shape index (κ1) is 22.8. The molecule has 0 saturated heterocycles. The molecule has 0 unspecified atom stereocenters. The minimum Gasteiger partial charge on any atom is -0.414 e. The maximum absolute atomic E-state index is 12.4. The van der Waals surface area contributed by atoms with Gasteiger partial charge < -0.3 is 4.43 Å². The summed E-state index contributed by atoms with van der Waals surface area (Å²) >= 11 is 6.07. The highest BCUT2D eigenvalue weighted by atomic mass is 35.5. The molecule has 3 nitrogen and oxygen atoms in total. The Morgan fingerprint density at radius 3 is 2.11 bits per heavy atom. The molecule has 152 valence electrons. The van der Waals surface area contributed by atoms with Gasteiger partial charge in [-0.15, -0.1) is 0 Å². The predicted molar refractivity (Wildman–Crippen MR) is 121 cm³/mol. The summed E-state index contributed by atoms with van der Waals surface area (Å²) in [5.41, 5.74) is 0.940. The van der Waals surface area contributed by atoms with E-state index in [-0.39, 0.29) is 21.3 Å². The molecule has 1 aromatic rings. The fourth-order valence-corrected chi connectivity index (χ4v) is 5.03. The van der Waals surface area contributed by atoms with E-state index in [2.05, 4.69) is 50.4 Å². The van der Waals surface area contributed by atoms with Crippen molar-refractivity contribution in [1.29, 1.82) is 0 Å². The topological polar surface area (TPSA) is 38.7 Å². The van der Waals surface area contributed by atoms with Crippen LogP contribution in [0.2, 0.25) is 23.2 Å². The first-order valence-corrected chi connectivity index (χ1v) is 14.0. The van der Waals surface area contributed by atoms with Crippen LogP contribution in [0.25, 0.3) is 0 Å². The van der Waals surface area contributed by atoms with Gasteiger partial charge in [-0.25, -0.2) is 4.21 Å². The second kappa shape index (κ2) is 7.73. The molecule has 0 radical (unpaired) electrons. The molecular formula is C21H34ClNO2SSi. The molecule has 0 aromatic heterocycles. The Labute approximate surface area is 173 Å². The lowest BCUT2D eigenvalue weighted by Crippen LogP contribution is -2.53. The smallest absolute Gasteiger partial charge is 0.192 e. The molecule has 1 fully saturated rings. The van der Waals surface area contributed by atoms with Crippen molar-refractivity contribution in [2.75, 3.05) is 0 Å². The molecule has 1 atom stereocenters. The van der Waals surface area contributed by atoms with Gasteiger partial charge >= 0.3 is 0 Å². The molecule has 1 aliphatic carbocycles. The van der Waals surface area contributed by atoms with Crippen molar-refractivity contribution < 1.29 is 8.63 Å². The average Bonchev–Trinajstić information content (AvgIpc) is 2.47. The minimum absolute atomic E-state index is 0.188. The summed E-state index contributed by atoms with van der Waals surface area (Å²) in [5, 5.41) is 0.908. The average molecular weight is 428 g/mol. The SMILES string of the molecule is CC(C)(C)[S@@](=O)N=CC1(c2ccc(Cl)cc2)CC(O[Si](C)(C)C(C)(C)C)C1. The van der Waals surface area contributed by atoms with Gasteiger partial charge in [-0.2, -0.15) is 4.40 Å². The van der Waals surface area contributed by atoms with Crippen molar-refractivity contribution in [3.8, 4) is 0 Å². The van der Waals surface area contributed by atoms with E-state index in [0.717, 1.165) is 23.4 Å². The summed E-state index contributed by atoms with van der Waals surface area (Å²) in [4.78, 5) is 0. The molecule has 27 heavy (non-hydrogen) atoms. The van der Waals surface area contributed by atoms with E-state index in [1.807, 2.05) is 39.1 Å². The van der Waals surface area contributed by atoms with Gasteiger partial charge in [0, 0.05) is 22.8 Å². The van der Waals surface area contributed by atoms with Crippen LogP contribution in [0.15, 0.2) is 28.7 Å². The molecule has 1 saturated carbocycles. The van der Waals surface area contributed by atoms with Gasteiger partial charge in [-0.05, 0) is 69.4 Å². The quantitative estimate of drug-likeness (QED) is 0.408. The van der Waals surface area contributed by atoms with Crippen LogP contribution in [0.4, 0.5) is 0 Å². The first-order valence-electron chi connectivity index (χ1n) is 9.57. The van der Waals surface area contributed by atoms with E-state index in [9.17, 15) is 4.21 Å². The standard InChI is InChI=1S/C21H34ClNO2SSi/c1-19(2,3)26(24)23-15-21(16-9-11-17(22)12-10-16)13-18(14-21)25-27(7,8)20(4,5)6/h9-12,15,18H,13-14H2,1-8H3/t18?,21?,26-/m1/s1. The first-order chi connectivity index (χ1) is 12.2. The summed E-state index contributed by atoms with van der Waals surface area (Å²) in [5.74, 6) is 0. The highest BCUT2D eigenvalue weighted by molar-refractivity contribution is 7.85. The van der Waals surface area contributed by atoms with Crippen LogP contribution in [0.5, 0.6) is 0 Å². The lowest BCUT2D eigenvalue weighted by atomic mass is 9.63. The number of benzene rings is 1. The maximum atomic E-state index is 12.4. The summed E-state index contributed by atoms with van der Waals surface area (Å²) in [7, 11) is -3.07. The Morgan fingerprint density at radius 1 is 1.15 bits per heavy atom. The Hall–Kier alpha value is -0.493. The van der Waals surface area contributed by atoms with Crippen LogP contribution in [0.1, 0.15) is 59.9 Å². The third kappa shape index (κ3) is 5.31. The highest BCUT2D eigenvalue weighted by Gasteiger charge is 2.49. The Morgan fingerprint density at radius 2 is 1.67 bits per heavy atom. The third-order valence-corrected chi connectivity index (χ3v) is 11.9. The van der Waals surface area contributed by atoms with Crippen molar-refractivity contribution in [3.05, 3.63) is 34.9 Å². The Balaban J connectivity index is 2.24. The molecule has 6 heteroatoms. The molecular weight excluding hydrogens is 394 g/mol. The Kier molecular flexibility index (Phi) is 6.53. The van der Waals surface area contributed by atoms with Crippen LogP contribution < -0.4 is 0 Å². The molecule has 0 spiro atoms. The molecule has 2 rings (SSSR count). The zero-order valence-corrected chi connectivity index (χ0v) is 20.5. The zero-order valence-electron chi connectivity index (χ0n) is 17.9. The van der Waals surface area contributed by atoms with Crippen LogP contribution in [-0.2, 0) is 20.8 Å². The fraction of sp³-hybridized carbons (Fsp3) is 0.667. The van der Waals surface area contributed by atoms with Gasteiger partial charge in [0.25, 0.3) is 0 Å². The van der Waals surface area contributed by atoms with Crippen LogP contribution in [0.3, 0.4) is 0 Å². The number of nitrogens with zero attached hydrogens (tertiary/aromatic N) is 1. The van der Waals surface area contributed by atoms with Crippen LogP contribution in [-0.4, -0.2) is 29.6 Å². The van der Waals surface area contributed by atoms with E-state index >= 15 is 0 Å². The van der Waals surface area contributed by atoms with Crippen molar-refractivity contribution in [1.82, 2.24) is 0 Å². The summed E-state index contributed by atoms with van der Waals surface area (Å²) in [6, 6.07) is 7.93. The fourth-order valence-electron chi connectivity index (χ4n) is 2.93. The minimum atomic E-state index is -1.81.